The lowest BCUT2D eigenvalue weighted by Gasteiger charge is -2.14. The van der Waals surface area contributed by atoms with Crippen LogP contribution in [0.5, 0.6) is 0 Å². The lowest BCUT2D eigenvalue weighted by atomic mass is 10.0. The Kier molecular flexibility index (Phi) is 4.79. The van der Waals surface area contributed by atoms with Gasteiger partial charge in [0.05, 0.1) is 27.7 Å². The van der Waals surface area contributed by atoms with Crippen molar-refractivity contribution in [3.63, 3.8) is 0 Å². The van der Waals surface area contributed by atoms with Crippen molar-refractivity contribution >= 4 is 32.7 Å². The van der Waals surface area contributed by atoms with Crippen LogP contribution in [0.4, 0.5) is 0 Å². The summed E-state index contributed by atoms with van der Waals surface area (Å²) >= 11 is 6.14. The first kappa shape index (κ1) is 19.4. The van der Waals surface area contributed by atoms with Crippen molar-refractivity contribution in [2.75, 3.05) is 0 Å². The average Bonchev–Trinajstić information content (AvgIpc) is 3.03. The van der Waals surface area contributed by atoms with Crippen LogP contribution >= 0.6 is 11.6 Å². The van der Waals surface area contributed by atoms with E-state index in [-0.39, 0.29) is 10.2 Å². The predicted octanol–water partition coefficient (Wildman–Crippen LogP) is 1.77. The van der Waals surface area contributed by atoms with E-state index < -0.39 is 16.1 Å². The van der Waals surface area contributed by atoms with Gasteiger partial charge in [-0.2, -0.15) is 10.1 Å². The molecule has 0 amide bonds. The van der Waals surface area contributed by atoms with E-state index in [2.05, 4.69) is 20.1 Å². The average molecular weight is 430 g/mol. The fourth-order valence-corrected chi connectivity index (χ4v) is 3.76. The van der Waals surface area contributed by atoms with E-state index in [4.69, 9.17) is 22.5 Å². The summed E-state index contributed by atoms with van der Waals surface area (Å²) < 4.78 is 24.6. The molecule has 3 heterocycles. The summed E-state index contributed by atoms with van der Waals surface area (Å²) in [5.41, 5.74) is 9.29. The summed E-state index contributed by atoms with van der Waals surface area (Å²) in [6.07, 6.45) is 1.66. The third kappa shape index (κ3) is 3.58. The SMILES string of the molecule is Cn1nc(-c2ccccn2)c2c(C(N)c3ccc(S(N)(=O)=O)cc3)nc(Cl)nc21. The molecule has 0 aliphatic carbocycles. The van der Waals surface area contributed by atoms with Gasteiger partial charge in [-0.1, -0.05) is 18.2 Å². The van der Waals surface area contributed by atoms with Gasteiger partial charge in [-0.25, -0.2) is 23.2 Å². The number of primary sulfonamides is 1. The second-order valence-electron chi connectivity index (χ2n) is 6.36. The molecule has 0 saturated heterocycles. The maximum atomic E-state index is 11.5. The standard InChI is InChI=1S/C18H16ClN7O2S/c1-26-17-13(15(25-26)12-4-2-3-9-22-12)16(23-18(19)24-17)14(20)10-5-7-11(8-6-10)29(21,27)28/h2-9,14H,20H2,1H3,(H2,21,27,28). The van der Waals surface area contributed by atoms with E-state index in [0.29, 0.717) is 33.7 Å². The van der Waals surface area contributed by atoms with Crippen LogP contribution in [0.1, 0.15) is 17.3 Å². The Labute approximate surface area is 171 Å². The summed E-state index contributed by atoms with van der Waals surface area (Å²) in [5.74, 6) is 0. The molecule has 0 saturated carbocycles. The molecule has 1 atom stereocenters. The molecule has 1 unspecified atom stereocenters. The number of aromatic nitrogens is 5. The van der Waals surface area contributed by atoms with E-state index in [9.17, 15) is 8.42 Å². The number of sulfonamides is 1. The number of benzene rings is 1. The van der Waals surface area contributed by atoms with Crippen LogP contribution in [0, 0.1) is 0 Å². The zero-order valence-electron chi connectivity index (χ0n) is 15.2. The third-order valence-corrected chi connectivity index (χ3v) is 5.55. The highest BCUT2D eigenvalue weighted by Gasteiger charge is 2.23. The zero-order chi connectivity index (χ0) is 20.8. The highest BCUT2D eigenvalue weighted by molar-refractivity contribution is 7.89. The van der Waals surface area contributed by atoms with E-state index in [1.807, 2.05) is 18.2 Å². The molecule has 1 aromatic carbocycles. The van der Waals surface area contributed by atoms with Gasteiger partial charge < -0.3 is 5.73 Å². The van der Waals surface area contributed by atoms with Crippen LogP contribution < -0.4 is 10.9 Å². The Morgan fingerprint density at radius 1 is 1.10 bits per heavy atom. The summed E-state index contributed by atoms with van der Waals surface area (Å²) in [5, 5.41) is 10.3. The molecule has 148 valence electrons. The van der Waals surface area contributed by atoms with Gasteiger partial charge in [-0.15, -0.1) is 0 Å². The van der Waals surface area contributed by atoms with Gasteiger partial charge >= 0.3 is 0 Å². The normalized spacial score (nSPS) is 13.0. The van der Waals surface area contributed by atoms with Crippen LogP contribution in [0.15, 0.2) is 53.6 Å². The zero-order valence-corrected chi connectivity index (χ0v) is 16.8. The molecule has 0 bridgehead atoms. The Morgan fingerprint density at radius 3 is 2.45 bits per heavy atom. The molecule has 29 heavy (non-hydrogen) atoms. The number of pyridine rings is 1. The summed E-state index contributed by atoms with van der Waals surface area (Å²) in [7, 11) is -2.06. The van der Waals surface area contributed by atoms with Crippen molar-refractivity contribution < 1.29 is 8.42 Å². The number of aryl methyl sites for hydroxylation is 1. The molecule has 11 heteroatoms. The Morgan fingerprint density at radius 2 is 1.83 bits per heavy atom. The van der Waals surface area contributed by atoms with Crippen molar-refractivity contribution in [1.29, 1.82) is 0 Å². The minimum absolute atomic E-state index is 0.00475. The van der Waals surface area contributed by atoms with Crippen LogP contribution in [-0.4, -0.2) is 33.2 Å². The fourth-order valence-electron chi connectivity index (χ4n) is 3.08. The fraction of sp³-hybridized carbons (Fsp3) is 0.111. The molecule has 4 N–H and O–H groups in total. The topological polar surface area (TPSA) is 143 Å². The molecule has 0 spiro atoms. The summed E-state index contributed by atoms with van der Waals surface area (Å²) in [4.78, 5) is 13.0. The first-order valence-corrected chi connectivity index (χ1v) is 10.4. The first-order valence-electron chi connectivity index (χ1n) is 8.45. The van der Waals surface area contributed by atoms with Gasteiger partial charge in [0.15, 0.2) is 5.65 Å². The first-order chi connectivity index (χ1) is 13.8. The highest BCUT2D eigenvalue weighted by Crippen LogP contribution is 2.33. The Balaban J connectivity index is 1.91. The van der Waals surface area contributed by atoms with Gasteiger partial charge in [-0.3, -0.25) is 4.98 Å². The van der Waals surface area contributed by atoms with Crippen LogP contribution in [-0.2, 0) is 17.1 Å². The summed E-state index contributed by atoms with van der Waals surface area (Å²) in [6, 6.07) is 10.7. The van der Waals surface area contributed by atoms with E-state index >= 15 is 0 Å². The number of nitrogens with two attached hydrogens (primary N) is 2. The molecule has 0 radical (unpaired) electrons. The number of rotatable bonds is 4. The van der Waals surface area contributed by atoms with Crippen LogP contribution in [0.3, 0.4) is 0 Å². The number of halogens is 1. The van der Waals surface area contributed by atoms with Crippen molar-refractivity contribution in [2.24, 2.45) is 17.9 Å². The van der Waals surface area contributed by atoms with Gasteiger partial charge in [0.1, 0.15) is 5.69 Å². The molecular weight excluding hydrogens is 414 g/mol. The van der Waals surface area contributed by atoms with Crippen molar-refractivity contribution in [1.82, 2.24) is 24.7 Å². The lowest BCUT2D eigenvalue weighted by molar-refractivity contribution is 0.597. The molecule has 9 nitrogen and oxygen atoms in total. The predicted molar refractivity (Wildman–Crippen MR) is 108 cm³/mol. The third-order valence-electron chi connectivity index (χ3n) is 4.45. The molecule has 4 rings (SSSR count). The van der Waals surface area contributed by atoms with Gasteiger partial charge in [-0.05, 0) is 41.4 Å². The number of nitrogens with zero attached hydrogens (tertiary/aromatic N) is 5. The molecular formula is C18H16ClN7O2S. The largest absolute Gasteiger partial charge is 0.319 e. The van der Waals surface area contributed by atoms with Gasteiger partial charge in [0, 0.05) is 13.2 Å². The van der Waals surface area contributed by atoms with Crippen LogP contribution in [0.2, 0.25) is 5.28 Å². The number of hydrogen-bond donors (Lipinski definition) is 2. The van der Waals surface area contributed by atoms with Gasteiger partial charge in [0.2, 0.25) is 15.3 Å². The van der Waals surface area contributed by atoms with E-state index in [1.54, 1.807) is 30.1 Å². The smallest absolute Gasteiger partial charge is 0.238 e. The monoisotopic (exact) mass is 429 g/mol. The Hall–Kier alpha value is -2.92. The lowest BCUT2D eigenvalue weighted by Crippen LogP contribution is -2.16. The second kappa shape index (κ2) is 7.16. The minimum Gasteiger partial charge on any atom is -0.319 e. The maximum absolute atomic E-state index is 11.5. The highest BCUT2D eigenvalue weighted by atomic mass is 35.5. The molecule has 0 aliphatic rings. The quantitative estimate of drug-likeness (QED) is 0.470. The minimum atomic E-state index is -3.80. The Bertz CT molecular complexity index is 1310. The van der Waals surface area contributed by atoms with Crippen molar-refractivity contribution in [2.45, 2.75) is 10.9 Å². The molecule has 0 aliphatic heterocycles. The molecule has 4 aromatic rings. The number of hydrogen-bond acceptors (Lipinski definition) is 7. The number of fused-ring (bicyclic) bond motifs is 1. The molecule has 3 aromatic heterocycles. The molecule has 0 fully saturated rings. The van der Waals surface area contributed by atoms with Crippen molar-refractivity contribution in [3.8, 4) is 11.4 Å². The van der Waals surface area contributed by atoms with E-state index in [0.717, 1.165) is 0 Å². The maximum Gasteiger partial charge on any atom is 0.238 e. The summed E-state index contributed by atoms with van der Waals surface area (Å²) in [6.45, 7) is 0. The van der Waals surface area contributed by atoms with E-state index in [1.165, 1.54) is 12.1 Å². The van der Waals surface area contributed by atoms with Crippen LogP contribution in [0.25, 0.3) is 22.4 Å². The van der Waals surface area contributed by atoms with Crippen molar-refractivity contribution in [3.05, 3.63) is 65.2 Å². The van der Waals surface area contributed by atoms with Gasteiger partial charge in [0.25, 0.3) is 0 Å². The second-order valence-corrected chi connectivity index (χ2v) is 8.25.